The molecule has 0 bridgehead atoms. The molecule has 0 aliphatic rings. The summed E-state index contributed by atoms with van der Waals surface area (Å²) in [5, 5.41) is 7.31. The fourth-order valence-corrected chi connectivity index (χ4v) is 3.10. The quantitative estimate of drug-likeness (QED) is 0.762. The van der Waals surface area contributed by atoms with E-state index in [1.165, 1.54) is 5.56 Å². The zero-order valence-electron chi connectivity index (χ0n) is 15.9. The lowest BCUT2D eigenvalue weighted by molar-refractivity contribution is -0.123. The summed E-state index contributed by atoms with van der Waals surface area (Å²) >= 11 is 1.73. The summed E-state index contributed by atoms with van der Waals surface area (Å²) in [4.78, 5) is 19.2. The number of aromatic nitrogens is 1. The molecule has 0 aromatic carbocycles. The minimum atomic E-state index is -0.443. The molecule has 1 amide bonds. The Morgan fingerprint density at radius 1 is 1.32 bits per heavy atom. The van der Waals surface area contributed by atoms with Crippen molar-refractivity contribution in [3.05, 3.63) is 46.3 Å². The van der Waals surface area contributed by atoms with Crippen molar-refractivity contribution in [1.82, 2.24) is 9.88 Å². The van der Waals surface area contributed by atoms with Crippen molar-refractivity contribution in [3.63, 3.8) is 0 Å². The minimum Gasteiger partial charge on any atom is -0.310 e. The van der Waals surface area contributed by atoms with E-state index in [9.17, 15) is 4.79 Å². The number of carbonyl (C=O) groups is 1. The highest BCUT2D eigenvalue weighted by atomic mass is 32.1. The van der Waals surface area contributed by atoms with Gasteiger partial charge in [-0.2, -0.15) is 11.3 Å². The van der Waals surface area contributed by atoms with E-state index in [-0.39, 0.29) is 5.91 Å². The normalized spacial score (nSPS) is 13.0. The smallest absolute Gasteiger partial charge is 0.230 e. The lowest BCUT2D eigenvalue weighted by Crippen LogP contribution is -2.33. The first kappa shape index (κ1) is 19.6. The molecular weight excluding hydrogens is 330 g/mol. The molecule has 0 saturated carbocycles. The molecule has 0 fully saturated rings. The number of hydrogen-bond acceptors (Lipinski definition) is 4. The van der Waals surface area contributed by atoms with Crippen LogP contribution in [0.5, 0.6) is 0 Å². The van der Waals surface area contributed by atoms with Crippen LogP contribution in [0.4, 0.5) is 5.82 Å². The van der Waals surface area contributed by atoms with Gasteiger partial charge in [-0.15, -0.1) is 0 Å². The largest absolute Gasteiger partial charge is 0.310 e. The average Bonchev–Trinajstić information content (AvgIpc) is 3.07. The van der Waals surface area contributed by atoms with E-state index in [1.807, 2.05) is 32.9 Å². The van der Waals surface area contributed by atoms with E-state index in [0.717, 1.165) is 25.1 Å². The summed E-state index contributed by atoms with van der Waals surface area (Å²) in [6.45, 7) is 11.8. The number of nitrogens with one attached hydrogen (secondary N) is 1. The van der Waals surface area contributed by atoms with Gasteiger partial charge in [-0.05, 0) is 41.8 Å². The van der Waals surface area contributed by atoms with Crippen LogP contribution in [0, 0.1) is 5.41 Å². The van der Waals surface area contributed by atoms with Gasteiger partial charge in [-0.25, -0.2) is 4.98 Å². The van der Waals surface area contributed by atoms with Crippen molar-refractivity contribution in [2.24, 2.45) is 5.41 Å². The highest BCUT2D eigenvalue weighted by molar-refractivity contribution is 7.07. The summed E-state index contributed by atoms with van der Waals surface area (Å²) in [7, 11) is 0. The number of nitrogens with zero attached hydrogens (tertiary/aromatic N) is 2. The number of pyridine rings is 1. The van der Waals surface area contributed by atoms with Crippen LogP contribution < -0.4 is 5.32 Å². The number of thiophene rings is 1. The van der Waals surface area contributed by atoms with Gasteiger partial charge >= 0.3 is 0 Å². The Balaban J connectivity index is 2.19. The molecule has 5 heteroatoms. The first-order valence-corrected chi connectivity index (χ1v) is 9.76. The Hall–Kier alpha value is -1.72. The van der Waals surface area contributed by atoms with E-state index in [2.05, 4.69) is 45.9 Å². The molecule has 0 saturated heterocycles. The van der Waals surface area contributed by atoms with Crippen molar-refractivity contribution >= 4 is 23.1 Å². The standard InChI is InChI=1S/C20H29N3OS/c1-6-15(2)23(12-16-9-11-25-14-16)13-17-8-7-10-21-18(17)22-19(24)20(3,4)5/h7-11,14-15H,6,12-13H2,1-5H3,(H,21,22,24). The third kappa shape index (κ3) is 5.65. The molecule has 1 N–H and O–H groups in total. The maximum atomic E-state index is 12.4. The molecule has 1 atom stereocenters. The zero-order valence-corrected chi connectivity index (χ0v) is 16.7. The highest BCUT2D eigenvalue weighted by Crippen LogP contribution is 2.22. The molecule has 2 aromatic rings. The lowest BCUT2D eigenvalue weighted by atomic mass is 9.95. The van der Waals surface area contributed by atoms with Crippen molar-refractivity contribution in [3.8, 4) is 0 Å². The summed E-state index contributed by atoms with van der Waals surface area (Å²) < 4.78 is 0. The number of carbonyl (C=O) groups excluding carboxylic acids is 1. The van der Waals surface area contributed by atoms with E-state index < -0.39 is 5.41 Å². The number of amides is 1. The van der Waals surface area contributed by atoms with Gasteiger partial charge < -0.3 is 5.32 Å². The third-order valence-electron chi connectivity index (χ3n) is 4.36. The maximum absolute atomic E-state index is 12.4. The topological polar surface area (TPSA) is 45.2 Å². The van der Waals surface area contributed by atoms with Gasteiger partial charge in [-0.3, -0.25) is 9.69 Å². The van der Waals surface area contributed by atoms with Crippen LogP contribution in [0.15, 0.2) is 35.2 Å². The predicted octanol–water partition coefficient (Wildman–Crippen LogP) is 4.93. The molecule has 0 aliphatic carbocycles. The van der Waals surface area contributed by atoms with Gasteiger partial charge in [0.2, 0.25) is 5.91 Å². The Labute approximate surface area is 155 Å². The third-order valence-corrected chi connectivity index (χ3v) is 5.09. The second kappa shape index (κ2) is 8.59. The summed E-state index contributed by atoms with van der Waals surface area (Å²) in [6.07, 6.45) is 2.81. The molecule has 4 nitrogen and oxygen atoms in total. The predicted molar refractivity (Wildman–Crippen MR) is 106 cm³/mol. The maximum Gasteiger partial charge on any atom is 0.230 e. The van der Waals surface area contributed by atoms with E-state index in [1.54, 1.807) is 17.5 Å². The van der Waals surface area contributed by atoms with Crippen LogP contribution in [-0.4, -0.2) is 21.8 Å². The highest BCUT2D eigenvalue weighted by Gasteiger charge is 2.23. The number of rotatable bonds is 7. The summed E-state index contributed by atoms with van der Waals surface area (Å²) in [6, 6.07) is 6.60. The number of anilines is 1. The van der Waals surface area contributed by atoms with Crippen molar-refractivity contribution in [2.45, 2.75) is 60.2 Å². The van der Waals surface area contributed by atoms with Gasteiger partial charge in [0.1, 0.15) is 5.82 Å². The minimum absolute atomic E-state index is 0.0135. The van der Waals surface area contributed by atoms with Crippen LogP contribution in [0.2, 0.25) is 0 Å². The molecule has 2 rings (SSSR count). The molecule has 136 valence electrons. The van der Waals surface area contributed by atoms with Gasteiger partial charge in [0, 0.05) is 36.3 Å². The average molecular weight is 360 g/mol. The first-order valence-electron chi connectivity index (χ1n) is 8.81. The van der Waals surface area contributed by atoms with Crippen LogP contribution in [0.3, 0.4) is 0 Å². The van der Waals surface area contributed by atoms with Gasteiger partial charge in [-0.1, -0.05) is 33.8 Å². The molecule has 0 radical (unpaired) electrons. The van der Waals surface area contributed by atoms with Crippen molar-refractivity contribution in [2.75, 3.05) is 5.32 Å². The Kier molecular flexibility index (Phi) is 6.73. The van der Waals surface area contributed by atoms with Crippen LogP contribution >= 0.6 is 11.3 Å². The first-order chi connectivity index (χ1) is 11.8. The van der Waals surface area contributed by atoms with Gasteiger partial charge in [0.25, 0.3) is 0 Å². The SMILES string of the molecule is CCC(C)N(Cc1ccsc1)Cc1cccnc1NC(=O)C(C)(C)C. The van der Waals surface area contributed by atoms with Crippen LogP contribution in [0.25, 0.3) is 0 Å². The molecule has 0 spiro atoms. The van der Waals surface area contributed by atoms with Crippen molar-refractivity contribution < 1.29 is 4.79 Å². The monoisotopic (exact) mass is 359 g/mol. The Bertz CT molecular complexity index is 676. The zero-order chi connectivity index (χ0) is 18.4. The summed E-state index contributed by atoms with van der Waals surface area (Å²) in [5.41, 5.74) is 1.94. The molecule has 25 heavy (non-hydrogen) atoms. The second-order valence-corrected chi connectivity index (χ2v) is 8.29. The second-order valence-electron chi connectivity index (χ2n) is 7.51. The van der Waals surface area contributed by atoms with Gasteiger partial charge in [0.05, 0.1) is 0 Å². The molecule has 2 aromatic heterocycles. The number of hydrogen-bond donors (Lipinski definition) is 1. The lowest BCUT2D eigenvalue weighted by Gasteiger charge is -2.29. The Morgan fingerprint density at radius 3 is 2.68 bits per heavy atom. The molecule has 0 aliphatic heterocycles. The fourth-order valence-electron chi connectivity index (χ4n) is 2.44. The van der Waals surface area contributed by atoms with E-state index >= 15 is 0 Å². The molecule has 1 unspecified atom stereocenters. The summed E-state index contributed by atoms with van der Waals surface area (Å²) in [5.74, 6) is 0.654. The molecular formula is C20H29N3OS. The van der Waals surface area contributed by atoms with E-state index in [0.29, 0.717) is 11.9 Å². The molecule has 2 heterocycles. The van der Waals surface area contributed by atoms with Crippen molar-refractivity contribution in [1.29, 1.82) is 0 Å². The van der Waals surface area contributed by atoms with Crippen LogP contribution in [0.1, 0.15) is 52.2 Å². The van der Waals surface area contributed by atoms with E-state index in [4.69, 9.17) is 0 Å². The van der Waals surface area contributed by atoms with Gasteiger partial charge in [0.15, 0.2) is 0 Å². The van der Waals surface area contributed by atoms with Crippen LogP contribution in [-0.2, 0) is 17.9 Å². The Morgan fingerprint density at radius 2 is 2.08 bits per heavy atom. The fraction of sp³-hybridized carbons (Fsp3) is 0.500.